The van der Waals surface area contributed by atoms with Crippen molar-refractivity contribution in [3.05, 3.63) is 36.0 Å². The lowest BCUT2D eigenvalue weighted by atomic mass is 10.2. The number of hydrogen-bond acceptors (Lipinski definition) is 5. The third-order valence-electron chi connectivity index (χ3n) is 3.52. The predicted molar refractivity (Wildman–Crippen MR) is 90.1 cm³/mol. The summed E-state index contributed by atoms with van der Waals surface area (Å²) in [7, 11) is 0. The minimum absolute atomic E-state index is 0.0348. The van der Waals surface area contributed by atoms with Gasteiger partial charge in [0.15, 0.2) is 0 Å². The molecule has 1 aliphatic rings. The molecular formula is C17H21N3O4. The zero-order valence-corrected chi connectivity index (χ0v) is 13.5. The number of anilines is 2. The summed E-state index contributed by atoms with van der Waals surface area (Å²) >= 11 is 0. The Balaban J connectivity index is 2.02. The maximum atomic E-state index is 12.1. The van der Waals surface area contributed by atoms with E-state index in [-0.39, 0.29) is 24.8 Å². The lowest BCUT2D eigenvalue weighted by Crippen LogP contribution is -2.34. The Morgan fingerprint density at radius 2 is 2.00 bits per heavy atom. The van der Waals surface area contributed by atoms with Gasteiger partial charge in [-0.05, 0) is 24.6 Å². The quantitative estimate of drug-likeness (QED) is 0.627. The number of β-amino-alcohol motifs (C(OH)–C–C–N with tert-alkyl or cyclic N) is 1. The number of imide groups is 1. The van der Waals surface area contributed by atoms with Gasteiger partial charge in [0.2, 0.25) is 5.91 Å². The van der Waals surface area contributed by atoms with E-state index in [1.807, 2.05) is 6.92 Å². The van der Waals surface area contributed by atoms with E-state index < -0.39 is 11.8 Å². The molecule has 1 aromatic rings. The summed E-state index contributed by atoms with van der Waals surface area (Å²) in [6.45, 7) is 1.70. The monoisotopic (exact) mass is 331 g/mol. The minimum atomic E-state index is -0.480. The van der Waals surface area contributed by atoms with E-state index in [1.165, 1.54) is 6.08 Å². The number of nitrogens with one attached hydrogen (secondary N) is 2. The maximum Gasteiger partial charge on any atom is 0.277 e. The summed E-state index contributed by atoms with van der Waals surface area (Å²) in [5, 5.41) is 14.6. The van der Waals surface area contributed by atoms with Crippen molar-refractivity contribution in [2.45, 2.75) is 26.2 Å². The number of carbonyl (C=O) groups is 3. The first kappa shape index (κ1) is 17.7. The largest absolute Gasteiger partial charge is 0.395 e. The Morgan fingerprint density at radius 3 is 2.71 bits per heavy atom. The van der Waals surface area contributed by atoms with Gasteiger partial charge in [-0.25, -0.2) is 0 Å². The van der Waals surface area contributed by atoms with Crippen LogP contribution in [0.5, 0.6) is 0 Å². The second kappa shape index (κ2) is 8.26. The fourth-order valence-corrected chi connectivity index (χ4v) is 2.30. The van der Waals surface area contributed by atoms with Crippen LogP contribution in [0.4, 0.5) is 11.4 Å². The maximum absolute atomic E-state index is 12.1. The summed E-state index contributed by atoms with van der Waals surface area (Å²) in [6.07, 6.45) is 3.44. The molecule has 2 rings (SSSR count). The number of nitrogens with zero attached hydrogens (tertiary/aromatic N) is 1. The molecule has 3 amide bonds. The van der Waals surface area contributed by atoms with Gasteiger partial charge in [-0.15, -0.1) is 0 Å². The molecule has 3 N–H and O–H groups in total. The first-order valence-corrected chi connectivity index (χ1v) is 7.90. The number of rotatable bonds is 8. The first-order chi connectivity index (χ1) is 11.5. The van der Waals surface area contributed by atoms with E-state index in [1.54, 1.807) is 24.3 Å². The number of aliphatic hydroxyl groups excluding tert-OH is 1. The van der Waals surface area contributed by atoms with Crippen molar-refractivity contribution in [2.75, 3.05) is 23.8 Å². The number of amides is 3. The van der Waals surface area contributed by atoms with Gasteiger partial charge in [-0.2, -0.15) is 0 Å². The average molecular weight is 331 g/mol. The zero-order valence-electron chi connectivity index (χ0n) is 13.5. The van der Waals surface area contributed by atoms with Gasteiger partial charge in [0.1, 0.15) is 5.70 Å². The normalized spacial score (nSPS) is 13.9. The second-order valence-corrected chi connectivity index (χ2v) is 5.43. The smallest absolute Gasteiger partial charge is 0.277 e. The van der Waals surface area contributed by atoms with Crippen molar-refractivity contribution in [3.8, 4) is 0 Å². The molecule has 1 aromatic carbocycles. The molecule has 128 valence electrons. The van der Waals surface area contributed by atoms with Gasteiger partial charge >= 0.3 is 0 Å². The summed E-state index contributed by atoms with van der Waals surface area (Å²) in [5.41, 5.74) is 1.34. The molecule has 0 bridgehead atoms. The molecule has 0 spiro atoms. The SMILES string of the molecule is CCCCC(=O)Nc1cccc(NC2=CC(=O)N(CCO)C2=O)c1. The van der Waals surface area contributed by atoms with Crippen molar-refractivity contribution < 1.29 is 19.5 Å². The van der Waals surface area contributed by atoms with Crippen LogP contribution in [-0.2, 0) is 14.4 Å². The lowest BCUT2D eigenvalue weighted by Gasteiger charge is -2.14. The number of hydrogen-bond donors (Lipinski definition) is 3. The third-order valence-corrected chi connectivity index (χ3v) is 3.52. The summed E-state index contributed by atoms with van der Waals surface area (Å²) in [4.78, 5) is 36.5. The Hall–Kier alpha value is -2.67. The lowest BCUT2D eigenvalue weighted by molar-refractivity contribution is -0.137. The van der Waals surface area contributed by atoms with Crippen LogP contribution in [0.25, 0.3) is 0 Å². The standard InChI is InChI=1S/C17H21N3O4/c1-2-3-7-15(22)19-13-6-4-5-12(10-13)18-14-11-16(23)20(8-9-21)17(14)24/h4-6,10-11,18,21H,2-3,7-9H2,1H3,(H,19,22). The molecule has 1 aliphatic heterocycles. The number of unbranched alkanes of at least 4 members (excludes halogenated alkanes) is 1. The molecule has 0 saturated carbocycles. The van der Waals surface area contributed by atoms with Crippen LogP contribution in [-0.4, -0.2) is 40.9 Å². The van der Waals surface area contributed by atoms with Crippen LogP contribution < -0.4 is 10.6 Å². The van der Waals surface area contributed by atoms with E-state index >= 15 is 0 Å². The van der Waals surface area contributed by atoms with E-state index in [0.717, 1.165) is 17.7 Å². The summed E-state index contributed by atoms with van der Waals surface area (Å²) in [6, 6.07) is 6.92. The Bertz CT molecular complexity index is 670. The van der Waals surface area contributed by atoms with Crippen molar-refractivity contribution >= 4 is 29.1 Å². The van der Waals surface area contributed by atoms with Crippen molar-refractivity contribution in [1.82, 2.24) is 4.90 Å². The third kappa shape index (κ3) is 4.42. The molecule has 7 nitrogen and oxygen atoms in total. The van der Waals surface area contributed by atoms with Gasteiger partial charge in [-0.3, -0.25) is 19.3 Å². The first-order valence-electron chi connectivity index (χ1n) is 7.90. The summed E-state index contributed by atoms with van der Waals surface area (Å²) < 4.78 is 0. The van der Waals surface area contributed by atoms with Crippen LogP contribution in [0.2, 0.25) is 0 Å². The molecule has 1 heterocycles. The Labute approximate surface area is 140 Å². The van der Waals surface area contributed by atoms with E-state index in [0.29, 0.717) is 17.8 Å². The predicted octanol–water partition coefficient (Wildman–Crippen LogP) is 1.47. The fraction of sp³-hybridized carbons (Fsp3) is 0.353. The van der Waals surface area contributed by atoms with Crippen molar-refractivity contribution in [2.24, 2.45) is 0 Å². The highest BCUT2D eigenvalue weighted by molar-refractivity contribution is 6.17. The highest BCUT2D eigenvalue weighted by atomic mass is 16.3. The van der Waals surface area contributed by atoms with Crippen LogP contribution in [0.3, 0.4) is 0 Å². The number of carbonyl (C=O) groups excluding carboxylic acids is 3. The number of aliphatic hydroxyl groups is 1. The fourth-order valence-electron chi connectivity index (χ4n) is 2.30. The van der Waals surface area contributed by atoms with E-state index in [9.17, 15) is 14.4 Å². The van der Waals surface area contributed by atoms with Gasteiger partial charge in [0, 0.05) is 23.9 Å². The topological polar surface area (TPSA) is 98.7 Å². The number of benzene rings is 1. The average Bonchev–Trinajstić information content (AvgIpc) is 2.81. The molecule has 0 saturated heterocycles. The molecule has 7 heteroatoms. The molecule has 0 unspecified atom stereocenters. The molecule has 0 aliphatic carbocycles. The molecule has 0 fully saturated rings. The van der Waals surface area contributed by atoms with Gasteiger partial charge < -0.3 is 15.7 Å². The molecule has 0 radical (unpaired) electrons. The zero-order chi connectivity index (χ0) is 17.5. The van der Waals surface area contributed by atoms with Gasteiger partial charge in [0.25, 0.3) is 11.8 Å². The highest BCUT2D eigenvalue weighted by Crippen LogP contribution is 2.20. The summed E-state index contributed by atoms with van der Waals surface area (Å²) in [5.74, 6) is -0.999. The van der Waals surface area contributed by atoms with E-state index in [4.69, 9.17) is 5.11 Å². The van der Waals surface area contributed by atoms with Gasteiger partial charge in [0.05, 0.1) is 13.2 Å². The Morgan fingerprint density at radius 1 is 1.25 bits per heavy atom. The van der Waals surface area contributed by atoms with Gasteiger partial charge in [-0.1, -0.05) is 19.4 Å². The second-order valence-electron chi connectivity index (χ2n) is 5.43. The molecule has 0 atom stereocenters. The van der Waals surface area contributed by atoms with Crippen LogP contribution in [0.15, 0.2) is 36.0 Å². The van der Waals surface area contributed by atoms with Crippen molar-refractivity contribution in [3.63, 3.8) is 0 Å². The molecule has 0 aromatic heterocycles. The highest BCUT2D eigenvalue weighted by Gasteiger charge is 2.30. The minimum Gasteiger partial charge on any atom is -0.395 e. The molecular weight excluding hydrogens is 310 g/mol. The van der Waals surface area contributed by atoms with Crippen LogP contribution >= 0.6 is 0 Å². The van der Waals surface area contributed by atoms with Crippen LogP contribution in [0.1, 0.15) is 26.2 Å². The van der Waals surface area contributed by atoms with Crippen LogP contribution in [0, 0.1) is 0 Å². The van der Waals surface area contributed by atoms with E-state index in [2.05, 4.69) is 10.6 Å². The Kier molecular flexibility index (Phi) is 6.08. The van der Waals surface area contributed by atoms with Crippen molar-refractivity contribution in [1.29, 1.82) is 0 Å². The molecule has 24 heavy (non-hydrogen) atoms.